The Kier molecular flexibility index (Phi) is 5.91. The third kappa shape index (κ3) is 3.73. The highest BCUT2D eigenvalue weighted by atomic mass is 16.6. The molecule has 10 heteroatoms. The molecule has 172 valence electrons. The van der Waals surface area contributed by atoms with Gasteiger partial charge in [0.15, 0.2) is 11.5 Å². The van der Waals surface area contributed by atoms with Crippen LogP contribution < -0.4 is 14.8 Å². The Labute approximate surface area is 189 Å². The van der Waals surface area contributed by atoms with Crippen LogP contribution in [0.25, 0.3) is 0 Å². The third-order valence-electron chi connectivity index (χ3n) is 5.67. The molecule has 0 aliphatic carbocycles. The van der Waals surface area contributed by atoms with Crippen molar-refractivity contribution in [3.05, 3.63) is 53.1 Å². The number of nitrogens with one attached hydrogen (secondary N) is 1. The molecule has 33 heavy (non-hydrogen) atoms. The summed E-state index contributed by atoms with van der Waals surface area (Å²) in [4.78, 5) is 51.9. The quantitative estimate of drug-likeness (QED) is 0.660. The fourth-order valence-electron chi connectivity index (χ4n) is 4.14. The maximum atomic E-state index is 13.2. The van der Waals surface area contributed by atoms with Crippen LogP contribution in [0.5, 0.6) is 11.5 Å². The summed E-state index contributed by atoms with van der Waals surface area (Å²) >= 11 is 0. The van der Waals surface area contributed by atoms with E-state index >= 15 is 0 Å². The summed E-state index contributed by atoms with van der Waals surface area (Å²) in [6, 6.07) is 8.69. The van der Waals surface area contributed by atoms with Crippen LogP contribution in [-0.2, 0) is 19.1 Å². The first-order valence-electron chi connectivity index (χ1n) is 10.2. The van der Waals surface area contributed by atoms with E-state index in [9.17, 15) is 19.2 Å². The molecule has 0 aromatic heterocycles. The zero-order chi connectivity index (χ0) is 23.7. The summed E-state index contributed by atoms with van der Waals surface area (Å²) in [6.07, 6.45) is -0.760. The van der Waals surface area contributed by atoms with Crippen LogP contribution in [0.4, 0.5) is 5.69 Å². The number of benzene rings is 2. The average molecular weight is 454 g/mol. The molecule has 2 atom stereocenters. The Morgan fingerprint density at radius 3 is 2.52 bits per heavy atom. The van der Waals surface area contributed by atoms with E-state index in [-0.39, 0.29) is 41.3 Å². The van der Waals surface area contributed by atoms with Crippen molar-refractivity contribution in [2.75, 3.05) is 26.6 Å². The van der Waals surface area contributed by atoms with Gasteiger partial charge in [-0.15, -0.1) is 0 Å². The number of hydrogen-bond donors (Lipinski definition) is 1. The van der Waals surface area contributed by atoms with Gasteiger partial charge >= 0.3 is 11.9 Å². The SMILES string of the molecule is COC(=O)c1ccccc1NC(=O)[C@@H]1CCC(=O)N1[C@H]1OC(=O)c2c1ccc(OC)c2OC. The van der Waals surface area contributed by atoms with Crippen LogP contribution in [0.3, 0.4) is 0 Å². The lowest BCUT2D eigenvalue weighted by molar-refractivity contribution is -0.144. The van der Waals surface area contributed by atoms with Crippen LogP contribution in [0.2, 0.25) is 0 Å². The van der Waals surface area contributed by atoms with E-state index in [4.69, 9.17) is 18.9 Å². The van der Waals surface area contributed by atoms with Gasteiger partial charge < -0.3 is 24.3 Å². The Hall–Kier alpha value is -4.08. The maximum absolute atomic E-state index is 13.2. The zero-order valence-electron chi connectivity index (χ0n) is 18.2. The standard InChI is InChI=1S/C23H22N2O8/c1-30-16-10-8-13-18(19(16)31-2)23(29)33-21(13)25-15(9-11-17(25)26)20(27)24-14-7-5-4-6-12(14)22(28)32-3/h4-8,10,15,21H,9,11H2,1-3H3,(H,24,27)/t15-,21-/m0/s1. The summed E-state index contributed by atoms with van der Waals surface area (Å²) in [6.45, 7) is 0. The molecular weight excluding hydrogens is 432 g/mol. The third-order valence-corrected chi connectivity index (χ3v) is 5.67. The van der Waals surface area contributed by atoms with E-state index in [1.165, 1.54) is 32.3 Å². The second kappa shape index (κ2) is 8.81. The Morgan fingerprint density at radius 2 is 1.82 bits per heavy atom. The fraction of sp³-hybridized carbons (Fsp3) is 0.304. The van der Waals surface area contributed by atoms with Gasteiger partial charge in [-0.05, 0) is 30.7 Å². The predicted molar refractivity (Wildman–Crippen MR) is 114 cm³/mol. The highest BCUT2D eigenvalue weighted by molar-refractivity contribution is 6.05. The number of hydrogen-bond acceptors (Lipinski definition) is 8. The molecule has 1 saturated heterocycles. The molecule has 2 aliphatic heterocycles. The summed E-state index contributed by atoms with van der Waals surface area (Å²) in [5.41, 5.74) is 0.986. The van der Waals surface area contributed by atoms with Crippen LogP contribution in [0.15, 0.2) is 36.4 Å². The van der Waals surface area contributed by atoms with E-state index in [0.717, 1.165) is 0 Å². The zero-order valence-corrected chi connectivity index (χ0v) is 18.2. The molecule has 0 bridgehead atoms. The van der Waals surface area contributed by atoms with Gasteiger partial charge in [0.25, 0.3) is 0 Å². The summed E-state index contributed by atoms with van der Waals surface area (Å²) in [5.74, 6) is -1.60. The molecule has 0 radical (unpaired) electrons. The number of carbonyl (C=O) groups is 4. The molecule has 0 unspecified atom stereocenters. The van der Waals surface area contributed by atoms with Crippen molar-refractivity contribution in [2.24, 2.45) is 0 Å². The van der Waals surface area contributed by atoms with Gasteiger partial charge in [0.2, 0.25) is 18.0 Å². The van der Waals surface area contributed by atoms with Crippen molar-refractivity contribution < 1.29 is 38.1 Å². The minimum absolute atomic E-state index is 0.105. The smallest absolute Gasteiger partial charge is 0.344 e. The second-order valence-corrected chi connectivity index (χ2v) is 7.40. The van der Waals surface area contributed by atoms with Crippen molar-refractivity contribution >= 4 is 29.4 Å². The van der Waals surface area contributed by atoms with Gasteiger partial charge in [-0.1, -0.05) is 12.1 Å². The Bertz CT molecular complexity index is 1150. The number of anilines is 1. The summed E-state index contributed by atoms with van der Waals surface area (Å²) < 4.78 is 20.9. The molecule has 1 fully saturated rings. The van der Waals surface area contributed by atoms with E-state index in [2.05, 4.69) is 5.32 Å². The number of likely N-dealkylation sites (tertiary alicyclic amines) is 1. The number of cyclic esters (lactones) is 1. The molecule has 0 saturated carbocycles. The number of methoxy groups -OCH3 is 3. The van der Waals surface area contributed by atoms with Gasteiger partial charge in [0.1, 0.15) is 11.6 Å². The lowest BCUT2D eigenvalue weighted by Gasteiger charge is -2.29. The first-order chi connectivity index (χ1) is 15.9. The Balaban J connectivity index is 1.65. The topological polar surface area (TPSA) is 120 Å². The van der Waals surface area contributed by atoms with E-state index in [0.29, 0.717) is 11.3 Å². The molecule has 10 nitrogen and oxygen atoms in total. The van der Waals surface area contributed by atoms with Crippen LogP contribution >= 0.6 is 0 Å². The van der Waals surface area contributed by atoms with E-state index in [1.54, 1.807) is 30.3 Å². The van der Waals surface area contributed by atoms with Crippen molar-refractivity contribution in [1.82, 2.24) is 4.90 Å². The lowest BCUT2D eigenvalue weighted by atomic mass is 10.0. The first kappa shape index (κ1) is 22.1. The van der Waals surface area contributed by atoms with Crippen molar-refractivity contribution in [1.29, 1.82) is 0 Å². The Morgan fingerprint density at radius 1 is 1.06 bits per heavy atom. The number of amides is 2. The van der Waals surface area contributed by atoms with Gasteiger partial charge in [-0.3, -0.25) is 14.5 Å². The van der Waals surface area contributed by atoms with Crippen molar-refractivity contribution in [3.8, 4) is 11.5 Å². The lowest BCUT2D eigenvalue weighted by Crippen LogP contribution is -2.44. The molecule has 2 heterocycles. The van der Waals surface area contributed by atoms with Crippen LogP contribution in [0, 0.1) is 0 Å². The second-order valence-electron chi connectivity index (χ2n) is 7.40. The van der Waals surface area contributed by atoms with E-state index in [1.807, 2.05) is 0 Å². The maximum Gasteiger partial charge on any atom is 0.344 e. The van der Waals surface area contributed by atoms with Gasteiger partial charge in [0, 0.05) is 12.0 Å². The fourth-order valence-corrected chi connectivity index (χ4v) is 4.14. The number of ether oxygens (including phenoxy) is 4. The minimum Gasteiger partial charge on any atom is -0.493 e. The largest absolute Gasteiger partial charge is 0.493 e. The molecule has 2 aromatic carbocycles. The van der Waals surface area contributed by atoms with E-state index < -0.39 is 30.1 Å². The monoisotopic (exact) mass is 454 g/mol. The van der Waals surface area contributed by atoms with Crippen molar-refractivity contribution in [2.45, 2.75) is 25.1 Å². The number of rotatable bonds is 6. The predicted octanol–water partition coefficient (Wildman–Crippen LogP) is 2.29. The molecule has 1 N–H and O–H groups in total. The average Bonchev–Trinajstić information content (AvgIpc) is 3.37. The molecule has 2 aliphatic rings. The molecule has 2 aromatic rings. The minimum atomic E-state index is -1.09. The molecule has 2 amide bonds. The highest BCUT2D eigenvalue weighted by Gasteiger charge is 2.47. The molecule has 0 spiro atoms. The van der Waals surface area contributed by atoms with Crippen LogP contribution in [-0.4, -0.2) is 56.0 Å². The number of nitrogens with zero attached hydrogens (tertiary/aromatic N) is 1. The van der Waals surface area contributed by atoms with Gasteiger partial charge in [-0.2, -0.15) is 0 Å². The first-order valence-corrected chi connectivity index (χ1v) is 10.2. The number of para-hydroxylation sites is 1. The van der Waals surface area contributed by atoms with Gasteiger partial charge in [0.05, 0.1) is 32.6 Å². The summed E-state index contributed by atoms with van der Waals surface area (Å²) in [7, 11) is 4.08. The van der Waals surface area contributed by atoms with Gasteiger partial charge in [-0.25, -0.2) is 9.59 Å². The number of carbonyl (C=O) groups excluding carboxylic acids is 4. The molecular formula is C23H22N2O8. The molecule has 4 rings (SSSR count). The number of esters is 2. The normalized spacial score (nSPS) is 19.1. The van der Waals surface area contributed by atoms with Crippen LogP contribution in [0.1, 0.15) is 45.3 Å². The van der Waals surface area contributed by atoms with Crippen molar-refractivity contribution in [3.63, 3.8) is 0 Å². The number of fused-ring (bicyclic) bond motifs is 1. The summed E-state index contributed by atoms with van der Waals surface area (Å²) in [5, 5.41) is 2.70. The highest BCUT2D eigenvalue weighted by Crippen LogP contribution is 2.45.